The van der Waals surface area contributed by atoms with Gasteiger partial charge in [0.15, 0.2) is 5.76 Å². The molecule has 1 fully saturated rings. The Morgan fingerprint density at radius 2 is 1.96 bits per heavy atom. The van der Waals surface area contributed by atoms with Crippen LogP contribution in [0, 0.1) is 5.82 Å². The normalized spacial score (nSPS) is 14.9. The zero-order valence-electron chi connectivity index (χ0n) is 15.9. The van der Waals surface area contributed by atoms with Crippen LogP contribution in [0.25, 0.3) is 0 Å². The summed E-state index contributed by atoms with van der Waals surface area (Å²) in [5, 5.41) is 0. The number of benzene rings is 1. The van der Waals surface area contributed by atoms with Gasteiger partial charge in [-0.1, -0.05) is 31.4 Å². The number of aromatic nitrogens is 1. The van der Waals surface area contributed by atoms with Crippen molar-refractivity contribution in [3.63, 3.8) is 0 Å². The highest BCUT2D eigenvalue weighted by molar-refractivity contribution is 5.91. The van der Waals surface area contributed by atoms with E-state index in [4.69, 9.17) is 4.42 Å². The first-order valence-corrected chi connectivity index (χ1v) is 9.93. The van der Waals surface area contributed by atoms with Crippen LogP contribution in [0.4, 0.5) is 4.39 Å². The summed E-state index contributed by atoms with van der Waals surface area (Å²) in [6.07, 6.45) is 9.10. The van der Waals surface area contributed by atoms with Gasteiger partial charge in [-0.05, 0) is 54.8 Å². The molecule has 4 rings (SSSR count). The van der Waals surface area contributed by atoms with E-state index in [1.807, 2.05) is 29.3 Å². The summed E-state index contributed by atoms with van der Waals surface area (Å²) in [6.45, 7) is 1.10. The Labute approximate surface area is 164 Å². The van der Waals surface area contributed by atoms with Gasteiger partial charge < -0.3 is 13.9 Å². The van der Waals surface area contributed by atoms with Crippen LogP contribution in [0.5, 0.6) is 0 Å². The highest BCUT2D eigenvalue weighted by Gasteiger charge is 2.28. The third-order valence-electron chi connectivity index (χ3n) is 5.51. The maximum atomic E-state index is 13.5. The van der Waals surface area contributed by atoms with Gasteiger partial charge in [0.25, 0.3) is 5.91 Å². The number of rotatable bonds is 6. The van der Waals surface area contributed by atoms with E-state index in [0.717, 1.165) is 36.9 Å². The summed E-state index contributed by atoms with van der Waals surface area (Å²) in [5.41, 5.74) is 1.94. The number of hydrogen-bond acceptors (Lipinski definition) is 2. The van der Waals surface area contributed by atoms with Crippen molar-refractivity contribution >= 4 is 5.91 Å². The molecule has 0 spiro atoms. The predicted octanol–water partition coefficient (Wildman–Crippen LogP) is 5.24. The van der Waals surface area contributed by atoms with Gasteiger partial charge in [0.1, 0.15) is 5.82 Å². The first-order valence-electron chi connectivity index (χ1n) is 9.93. The maximum Gasteiger partial charge on any atom is 0.290 e. The molecular weight excluding hydrogens is 355 g/mol. The second kappa shape index (κ2) is 8.46. The number of nitrogens with zero attached hydrogens (tertiary/aromatic N) is 2. The lowest BCUT2D eigenvalue weighted by Gasteiger charge is -2.34. The molecule has 0 bridgehead atoms. The summed E-state index contributed by atoms with van der Waals surface area (Å²) in [5.74, 6) is 0.0900. The molecule has 146 valence electrons. The van der Waals surface area contributed by atoms with E-state index in [2.05, 4.69) is 4.57 Å². The minimum atomic E-state index is -0.233. The van der Waals surface area contributed by atoms with Crippen molar-refractivity contribution in [2.24, 2.45) is 0 Å². The molecule has 5 heteroatoms. The Morgan fingerprint density at radius 3 is 2.71 bits per heavy atom. The standard InChI is InChI=1S/C23H25FN2O2/c24-19-8-4-7-18(15-19)16-25-13-5-11-21(25)17-26(20-9-2-1-3-10-20)23(27)22-12-6-14-28-22/h4-8,11-15,20H,1-3,9-10,16-17H2. The first kappa shape index (κ1) is 18.5. The zero-order chi connectivity index (χ0) is 19.3. The highest BCUT2D eigenvalue weighted by Crippen LogP contribution is 2.26. The molecule has 0 atom stereocenters. The molecular formula is C23H25FN2O2. The number of amides is 1. The SMILES string of the molecule is O=C(c1ccco1)N(Cc1cccn1Cc1cccc(F)c1)C1CCCCC1. The van der Waals surface area contributed by atoms with Crippen LogP contribution in [0.2, 0.25) is 0 Å². The smallest absolute Gasteiger partial charge is 0.290 e. The molecule has 4 nitrogen and oxygen atoms in total. The molecule has 28 heavy (non-hydrogen) atoms. The van der Waals surface area contributed by atoms with Crippen LogP contribution < -0.4 is 0 Å². The van der Waals surface area contributed by atoms with Crippen molar-refractivity contribution in [2.45, 2.75) is 51.2 Å². The van der Waals surface area contributed by atoms with E-state index in [0.29, 0.717) is 18.8 Å². The molecule has 1 aromatic carbocycles. The molecule has 1 saturated carbocycles. The Hall–Kier alpha value is -2.82. The molecule has 0 aliphatic heterocycles. The second-order valence-electron chi connectivity index (χ2n) is 7.46. The molecule has 1 aliphatic rings. The predicted molar refractivity (Wildman–Crippen MR) is 105 cm³/mol. The number of halogens is 1. The van der Waals surface area contributed by atoms with E-state index < -0.39 is 0 Å². The van der Waals surface area contributed by atoms with Gasteiger partial charge in [-0.3, -0.25) is 4.79 Å². The van der Waals surface area contributed by atoms with Crippen LogP contribution in [0.3, 0.4) is 0 Å². The summed E-state index contributed by atoms with van der Waals surface area (Å²) in [7, 11) is 0. The second-order valence-corrected chi connectivity index (χ2v) is 7.46. The van der Waals surface area contributed by atoms with Crippen LogP contribution in [0.1, 0.15) is 53.9 Å². The van der Waals surface area contributed by atoms with E-state index in [9.17, 15) is 9.18 Å². The Balaban J connectivity index is 1.57. The van der Waals surface area contributed by atoms with Gasteiger partial charge in [-0.25, -0.2) is 4.39 Å². The maximum absolute atomic E-state index is 13.5. The Morgan fingerprint density at radius 1 is 1.11 bits per heavy atom. The van der Waals surface area contributed by atoms with E-state index in [1.165, 1.54) is 12.5 Å². The quantitative estimate of drug-likeness (QED) is 0.586. The van der Waals surface area contributed by atoms with Crippen LogP contribution in [-0.4, -0.2) is 21.4 Å². The number of hydrogen-bond donors (Lipinski definition) is 0. The third-order valence-corrected chi connectivity index (χ3v) is 5.51. The fourth-order valence-electron chi connectivity index (χ4n) is 4.06. The molecule has 0 unspecified atom stereocenters. The summed E-state index contributed by atoms with van der Waals surface area (Å²) < 4.78 is 21.0. The minimum absolute atomic E-state index is 0.0598. The molecule has 1 amide bonds. The monoisotopic (exact) mass is 380 g/mol. The van der Waals surface area contributed by atoms with Gasteiger partial charge in [-0.15, -0.1) is 0 Å². The topological polar surface area (TPSA) is 38.4 Å². The first-order chi connectivity index (χ1) is 13.7. The van der Waals surface area contributed by atoms with E-state index in [1.54, 1.807) is 30.5 Å². The fraction of sp³-hybridized carbons (Fsp3) is 0.348. The highest BCUT2D eigenvalue weighted by atomic mass is 19.1. The largest absolute Gasteiger partial charge is 0.459 e. The third kappa shape index (κ3) is 4.19. The summed E-state index contributed by atoms with van der Waals surface area (Å²) in [6, 6.07) is 14.4. The molecule has 3 aromatic rings. The van der Waals surface area contributed by atoms with Gasteiger partial charge >= 0.3 is 0 Å². The van der Waals surface area contributed by atoms with Crippen molar-refractivity contribution in [3.8, 4) is 0 Å². The lowest BCUT2D eigenvalue weighted by atomic mass is 9.94. The van der Waals surface area contributed by atoms with Crippen LogP contribution in [-0.2, 0) is 13.1 Å². The van der Waals surface area contributed by atoms with Gasteiger partial charge in [0, 0.05) is 24.5 Å². The minimum Gasteiger partial charge on any atom is -0.459 e. The average Bonchev–Trinajstić information content (AvgIpc) is 3.39. The number of carbonyl (C=O) groups excluding carboxylic acids is 1. The van der Waals surface area contributed by atoms with Crippen molar-refractivity contribution in [1.29, 1.82) is 0 Å². The number of furan rings is 1. The molecule has 0 radical (unpaired) electrons. The van der Waals surface area contributed by atoms with Crippen molar-refractivity contribution in [2.75, 3.05) is 0 Å². The Bertz CT molecular complexity index is 910. The van der Waals surface area contributed by atoms with Crippen LogP contribution >= 0.6 is 0 Å². The molecule has 0 saturated heterocycles. The van der Waals surface area contributed by atoms with Crippen LogP contribution in [0.15, 0.2) is 65.4 Å². The van der Waals surface area contributed by atoms with Crippen molar-refractivity contribution < 1.29 is 13.6 Å². The Kier molecular flexibility index (Phi) is 5.60. The fourth-order valence-corrected chi connectivity index (χ4v) is 4.06. The summed E-state index contributed by atoms with van der Waals surface area (Å²) >= 11 is 0. The molecule has 2 heterocycles. The number of carbonyl (C=O) groups is 1. The molecule has 0 N–H and O–H groups in total. The van der Waals surface area contributed by atoms with Gasteiger partial charge in [-0.2, -0.15) is 0 Å². The van der Waals surface area contributed by atoms with Crippen molar-refractivity contribution in [1.82, 2.24) is 9.47 Å². The average molecular weight is 380 g/mol. The van der Waals surface area contributed by atoms with Gasteiger partial charge in [0.2, 0.25) is 0 Å². The lowest BCUT2D eigenvalue weighted by molar-refractivity contribution is 0.0576. The van der Waals surface area contributed by atoms with Crippen molar-refractivity contribution in [3.05, 3.63) is 83.8 Å². The zero-order valence-corrected chi connectivity index (χ0v) is 15.9. The molecule has 2 aromatic heterocycles. The van der Waals surface area contributed by atoms with E-state index in [-0.39, 0.29) is 17.8 Å². The molecule has 1 aliphatic carbocycles. The van der Waals surface area contributed by atoms with Gasteiger partial charge in [0.05, 0.1) is 12.8 Å². The lowest BCUT2D eigenvalue weighted by Crippen LogP contribution is -2.41. The summed E-state index contributed by atoms with van der Waals surface area (Å²) in [4.78, 5) is 15.1. The van der Waals surface area contributed by atoms with E-state index >= 15 is 0 Å².